The van der Waals surface area contributed by atoms with E-state index >= 15 is 0 Å². The van der Waals surface area contributed by atoms with E-state index < -0.39 is 0 Å². The molecule has 4 nitrogen and oxygen atoms in total. The molecule has 30 valence electrons. The first-order chi connectivity index (χ1) is 1.89. The minimum absolute atomic E-state index is 0. The molecule has 0 bridgehead atoms. The molecule has 0 fully saturated rings. The molecule has 5 heteroatoms. The van der Waals surface area contributed by atoms with Gasteiger partial charge in [0, 0.05) is 0 Å². The molecule has 1 rings (SSSR count). The van der Waals surface area contributed by atoms with E-state index in [1.807, 2.05) is 0 Å². The van der Waals surface area contributed by atoms with Crippen molar-refractivity contribution in [2.24, 2.45) is 0 Å². The summed E-state index contributed by atoms with van der Waals surface area (Å²) >= 11 is 0. The Hall–Kier alpha value is -0.268. The van der Waals surface area contributed by atoms with E-state index in [0.717, 1.165) is 0 Å². The van der Waals surface area contributed by atoms with Crippen molar-refractivity contribution in [3.63, 3.8) is 0 Å². The molecule has 0 aliphatic carbocycles. The van der Waals surface area contributed by atoms with Crippen LogP contribution in [-0.4, -0.2) is 27.6 Å². The minimum Gasteiger partial charge on any atom is -0.368 e. The van der Waals surface area contributed by atoms with E-state index in [0.29, 0.717) is 0 Å². The second-order valence-corrected chi connectivity index (χ2v) is 0.387. The van der Waals surface area contributed by atoms with Gasteiger partial charge >= 0.3 is 0 Å². The predicted molar refractivity (Wildman–Crippen MR) is 16.1 cm³/mol. The topological polar surface area (TPSA) is 51.4 Å². The van der Waals surface area contributed by atoms with Gasteiger partial charge in [-0.2, -0.15) is 0 Å². The molecule has 1 aromatic heterocycles. The second-order valence-electron chi connectivity index (χ2n) is 0.387. The molecule has 1 aromatic rings. The third-order valence-electron chi connectivity index (χ3n) is 0.141. The predicted octanol–water partition coefficient (Wildman–Crippen LogP) is -1.27. The maximum atomic E-state index is 7.56. The lowest BCUT2D eigenvalue weighted by molar-refractivity contribution is 0.0942. The number of nitrogens with zero attached hydrogens (tertiary/aromatic N) is 1. The highest BCUT2D eigenvalue weighted by molar-refractivity contribution is 5.75. The number of hydrogen-bond donors (Lipinski definition) is 1. The van der Waals surface area contributed by atoms with Gasteiger partial charge in [0.2, 0.25) is 5.08 Å². The van der Waals surface area contributed by atoms with E-state index in [9.17, 15) is 0 Å². The van der Waals surface area contributed by atoms with Crippen LogP contribution in [0.4, 0.5) is 0 Å². The Morgan fingerprint density at radius 2 is 1.60 bits per heavy atom. The second kappa shape index (κ2) is 1.24. The summed E-state index contributed by atoms with van der Waals surface area (Å²) in [6, 6.07) is 0. The normalized spacial score (nSPS) is 7.20. The molecule has 0 atom stereocenters. The average Bonchev–Trinajstić information content (AvgIpc) is 1.75. The van der Waals surface area contributed by atoms with Crippen molar-refractivity contribution < 1.29 is 14.6 Å². The van der Waals surface area contributed by atoms with Gasteiger partial charge in [-0.3, -0.25) is 0 Å². The van der Waals surface area contributed by atoms with Crippen LogP contribution in [-0.2, 0) is 0 Å². The molecule has 1 N–H and O–H groups in total. The summed E-state index contributed by atoms with van der Waals surface area (Å²) in [6.07, 6.45) is 0. The Bertz CT molecular complexity index is 65.4. The van der Waals surface area contributed by atoms with Crippen molar-refractivity contribution in [3.05, 3.63) is 0 Å². The summed E-state index contributed by atoms with van der Waals surface area (Å²) in [5, 5.41) is 7.81. The zero-order valence-electron chi connectivity index (χ0n) is 1.71. The van der Waals surface area contributed by atoms with Crippen molar-refractivity contribution >= 4 is 17.4 Å². The fourth-order valence-electron chi connectivity index (χ4n) is 0.0149. The van der Waals surface area contributed by atoms with Crippen molar-refractivity contribution in [2.75, 3.05) is 0 Å². The quantitative estimate of drug-likeness (QED) is 0.247. The van der Waals surface area contributed by atoms with Crippen LogP contribution in [0.3, 0.4) is 0 Å². The summed E-state index contributed by atoms with van der Waals surface area (Å²) in [7, 11) is 0. The Morgan fingerprint density at radius 1 is 1.40 bits per heavy atom. The molecule has 0 aliphatic heterocycles. The van der Waals surface area contributed by atoms with Crippen molar-refractivity contribution in [3.8, 4) is 0 Å². The van der Waals surface area contributed by atoms with Gasteiger partial charge in [0.1, 0.15) is 0 Å². The van der Waals surface area contributed by atoms with E-state index in [4.69, 9.17) is 5.21 Å². The highest BCUT2D eigenvalue weighted by Crippen LogP contribution is 1.79. The molecule has 0 aromatic carbocycles. The SMILES string of the molecule is On1oo1.[AlH3]. The molecular weight excluding hydrogens is 89.0 g/mol. The van der Waals surface area contributed by atoms with Gasteiger partial charge < -0.3 is 5.21 Å². The molecule has 0 saturated heterocycles. The summed E-state index contributed by atoms with van der Waals surface area (Å²) < 4.78 is 7.19. The van der Waals surface area contributed by atoms with E-state index in [-0.39, 0.29) is 22.4 Å². The highest BCUT2D eigenvalue weighted by Gasteiger charge is 1.85. The molecule has 5 heavy (non-hydrogen) atoms. The first-order valence-electron chi connectivity index (χ1n) is 0.732. The summed E-state index contributed by atoms with van der Waals surface area (Å²) in [5.41, 5.74) is 0. The van der Waals surface area contributed by atoms with Gasteiger partial charge in [-0.05, 0) is 0 Å². The molecule has 0 amide bonds. The molecule has 0 spiro atoms. The molecule has 0 unspecified atom stereocenters. The zero-order valence-corrected chi connectivity index (χ0v) is 1.71. The van der Waals surface area contributed by atoms with Crippen molar-refractivity contribution in [1.29, 1.82) is 0 Å². The van der Waals surface area contributed by atoms with Crippen LogP contribution in [0.15, 0.2) is 9.36 Å². The first kappa shape index (κ1) is 4.73. The molecular formula is H4AlNO3. The fraction of sp³-hybridized carbons (Fsp3) is 0. The van der Waals surface area contributed by atoms with Crippen LogP contribution in [0.5, 0.6) is 0 Å². The maximum Gasteiger partial charge on any atom is 0.214 e. The third kappa shape index (κ3) is 1.50. The monoisotopic (exact) mass is 93.0 g/mol. The van der Waals surface area contributed by atoms with Gasteiger partial charge in [-0.1, -0.05) is 9.36 Å². The fourth-order valence-corrected chi connectivity index (χ4v) is 0.0149. The highest BCUT2D eigenvalue weighted by atomic mass is 27.0. The van der Waals surface area contributed by atoms with Gasteiger partial charge in [-0.25, -0.2) is 0 Å². The van der Waals surface area contributed by atoms with Crippen LogP contribution < -0.4 is 0 Å². The third-order valence-corrected chi connectivity index (χ3v) is 0.141. The van der Waals surface area contributed by atoms with Crippen molar-refractivity contribution in [2.45, 2.75) is 0 Å². The van der Waals surface area contributed by atoms with Crippen LogP contribution in [0.25, 0.3) is 0 Å². The van der Waals surface area contributed by atoms with Crippen LogP contribution in [0.2, 0.25) is 0 Å². The van der Waals surface area contributed by atoms with E-state index in [1.54, 1.807) is 0 Å². The zero-order chi connectivity index (χ0) is 2.99. The molecule has 1 heterocycles. The Morgan fingerprint density at radius 3 is 1.60 bits per heavy atom. The molecule has 0 saturated carbocycles. The number of aromatic nitrogens is 1. The van der Waals surface area contributed by atoms with Crippen LogP contribution >= 0.6 is 0 Å². The summed E-state index contributed by atoms with van der Waals surface area (Å²) in [5.74, 6) is 0. The first-order valence-corrected chi connectivity index (χ1v) is 0.732. The number of rotatable bonds is 0. The van der Waals surface area contributed by atoms with Gasteiger partial charge in [0.05, 0.1) is 0 Å². The Kier molecular flexibility index (Phi) is 1.18. The lowest BCUT2D eigenvalue weighted by Gasteiger charge is -1.39. The minimum atomic E-state index is 0. The average molecular weight is 93.0 g/mol. The summed E-state index contributed by atoms with van der Waals surface area (Å²) in [4.78, 5) is 0. The standard InChI is InChI=1S/Al.HNO3.3H/c;2-1-3-4-1;;;/h;2H;;;. The summed E-state index contributed by atoms with van der Waals surface area (Å²) in [6.45, 7) is 0. The largest absolute Gasteiger partial charge is 0.368 e. The van der Waals surface area contributed by atoms with Crippen LogP contribution in [0.1, 0.15) is 0 Å². The molecule has 0 radical (unpaired) electrons. The number of hydrogen-bond acceptors (Lipinski definition) is 3. The van der Waals surface area contributed by atoms with Gasteiger partial charge in [-0.15, -0.1) is 0 Å². The van der Waals surface area contributed by atoms with Crippen LogP contribution in [0, 0.1) is 0 Å². The van der Waals surface area contributed by atoms with Crippen molar-refractivity contribution in [1.82, 2.24) is 5.08 Å². The molecule has 0 aliphatic rings. The van der Waals surface area contributed by atoms with E-state index in [1.165, 1.54) is 0 Å². The lowest BCUT2D eigenvalue weighted by atomic mass is 13.3. The Balaban J connectivity index is 0.000000160. The Labute approximate surface area is 37.9 Å². The smallest absolute Gasteiger partial charge is 0.214 e. The van der Waals surface area contributed by atoms with E-state index in [2.05, 4.69) is 9.36 Å². The lowest BCUT2D eigenvalue weighted by Crippen LogP contribution is -1.60. The maximum absolute atomic E-state index is 7.56. The van der Waals surface area contributed by atoms with Gasteiger partial charge in [0.25, 0.3) is 0 Å². The van der Waals surface area contributed by atoms with Gasteiger partial charge in [0.15, 0.2) is 17.4 Å².